The van der Waals surface area contributed by atoms with Gasteiger partial charge in [-0.1, -0.05) is 48.5 Å². The first-order valence-electron chi connectivity index (χ1n) is 7.87. The van der Waals surface area contributed by atoms with Gasteiger partial charge in [0.25, 0.3) is 11.5 Å². The third kappa shape index (κ3) is 3.77. The van der Waals surface area contributed by atoms with E-state index in [0.717, 1.165) is 11.1 Å². The predicted octanol–water partition coefficient (Wildman–Crippen LogP) is 2.98. The van der Waals surface area contributed by atoms with Crippen molar-refractivity contribution in [2.24, 2.45) is 0 Å². The van der Waals surface area contributed by atoms with E-state index in [2.05, 4.69) is 10.3 Å². The number of para-hydroxylation sites is 1. The summed E-state index contributed by atoms with van der Waals surface area (Å²) < 4.78 is 5.28. The van der Waals surface area contributed by atoms with Gasteiger partial charge in [-0.05, 0) is 17.7 Å². The van der Waals surface area contributed by atoms with Gasteiger partial charge in [0.05, 0.1) is 12.7 Å². The van der Waals surface area contributed by atoms with Crippen molar-refractivity contribution in [3.8, 4) is 16.9 Å². The van der Waals surface area contributed by atoms with Crippen LogP contribution in [0.2, 0.25) is 0 Å². The first-order valence-corrected chi connectivity index (χ1v) is 7.87. The van der Waals surface area contributed by atoms with Crippen molar-refractivity contribution < 1.29 is 9.53 Å². The fraction of sp³-hybridized carbons (Fsp3) is 0.100. The monoisotopic (exact) mass is 334 g/mol. The molecule has 0 aliphatic rings. The van der Waals surface area contributed by atoms with Crippen molar-refractivity contribution >= 4 is 5.91 Å². The molecule has 1 aromatic heterocycles. The molecule has 0 spiro atoms. The van der Waals surface area contributed by atoms with E-state index in [9.17, 15) is 9.59 Å². The summed E-state index contributed by atoms with van der Waals surface area (Å²) in [5, 5.41) is 2.85. The number of carbonyl (C=O) groups excluding carboxylic acids is 1. The zero-order valence-electron chi connectivity index (χ0n) is 13.8. The van der Waals surface area contributed by atoms with Crippen LogP contribution in [0.4, 0.5) is 0 Å². The smallest absolute Gasteiger partial charge is 0.255 e. The summed E-state index contributed by atoms with van der Waals surface area (Å²) in [6.07, 6.45) is 1.42. The number of methoxy groups -OCH3 is 1. The number of hydrogen-bond donors (Lipinski definition) is 2. The number of pyridine rings is 1. The fourth-order valence-electron chi connectivity index (χ4n) is 2.57. The Morgan fingerprint density at radius 1 is 1.08 bits per heavy atom. The summed E-state index contributed by atoms with van der Waals surface area (Å²) in [6.45, 7) is 0.336. The lowest BCUT2D eigenvalue weighted by Gasteiger charge is -2.10. The standard InChI is InChI=1S/C20H18N2O3/c1-25-18-10-6-5-9-15(18)12-21-19(23)16-11-17(20(24)22-13-16)14-7-3-2-4-8-14/h2-11,13H,12H2,1H3,(H,21,23)(H,22,24). The van der Waals surface area contributed by atoms with Gasteiger partial charge in [-0.2, -0.15) is 0 Å². The summed E-state index contributed by atoms with van der Waals surface area (Å²) in [5.41, 5.74) is 2.28. The molecule has 0 saturated carbocycles. The number of rotatable bonds is 5. The summed E-state index contributed by atoms with van der Waals surface area (Å²) in [6, 6.07) is 18.3. The Kier molecular flexibility index (Phi) is 4.95. The van der Waals surface area contributed by atoms with Crippen molar-refractivity contribution in [3.63, 3.8) is 0 Å². The molecular formula is C20H18N2O3. The van der Waals surface area contributed by atoms with Gasteiger partial charge in [0.1, 0.15) is 5.75 Å². The first kappa shape index (κ1) is 16.5. The van der Waals surface area contributed by atoms with E-state index in [1.807, 2.05) is 54.6 Å². The van der Waals surface area contributed by atoms with E-state index in [1.54, 1.807) is 13.2 Å². The summed E-state index contributed by atoms with van der Waals surface area (Å²) in [4.78, 5) is 27.1. The van der Waals surface area contributed by atoms with Crippen molar-refractivity contribution in [3.05, 3.63) is 88.3 Å². The Labute approximate surface area is 145 Å². The van der Waals surface area contributed by atoms with Crippen LogP contribution in [-0.2, 0) is 6.54 Å². The van der Waals surface area contributed by atoms with Gasteiger partial charge < -0.3 is 15.0 Å². The van der Waals surface area contributed by atoms with Gasteiger partial charge in [0.15, 0.2) is 0 Å². The lowest BCUT2D eigenvalue weighted by molar-refractivity contribution is 0.0950. The molecule has 3 aromatic rings. The van der Waals surface area contributed by atoms with Crippen molar-refractivity contribution in [2.75, 3.05) is 7.11 Å². The average Bonchev–Trinajstić information content (AvgIpc) is 2.67. The van der Waals surface area contributed by atoms with Gasteiger partial charge in [0.2, 0.25) is 0 Å². The maximum absolute atomic E-state index is 12.4. The number of carbonyl (C=O) groups is 1. The number of nitrogens with one attached hydrogen (secondary N) is 2. The van der Waals surface area contributed by atoms with E-state index in [1.165, 1.54) is 6.20 Å². The van der Waals surface area contributed by atoms with Gasteiger partial charge in [-0.15, -0.1) is 0 Å². The van der Waals surface area contributed by atoms with Crippen LogP contribution in [0, 0.1) is 0 Å². The van der Waals surface area contributed by atoms with E-state index in [4.69, 9.17) is 4.74 Å². The molecule has 0 aliphatic heterocycles. The van der Waals surface area contributed by atoms with Crippen LogP contribution in [0.15, 0.2) is 71.7 Å². The van der Waals surface area contributed by atoms with Crippen LogP contribution < -0.4 is 15.6 Å². The highest BCUT2D eigenvalue weighted by Gasteiger charge is 2.11. The van der Waals surface area contributed by atoms with Crippen LogP contribution in [0.25, 0.3) is 11.1 Å². The summed E-state index contributed by atoms with van der Waals surface area (Å²) >= 11 is 0. The van der Waals surface area contributed by atoms with Crippen molar-refractivity contribution in [1.29, 1.82) is 0 Å². The molecule has 25 heavy (non-hydrogen) atoms. The van der Waals surface area contributed by atoms with Crippen LogP contribution in [0.3, 0.4) is 0 Å². The summed E-state index contributed by atoms with van der Waals surface area (Å²) in [7, 11) is 1.59. The van der Waals surface area contributed by atoms with E-state index in [-0.39, 0.29) is 11.5 Å². The molecule has 2 aromatic carbocycles. The first-order chi connectivity index (χ1) is 12.2. The highest BCUT2D eigenvalue weighted by molar-refractivity contribution is 5.95. The highest BCUT2D eigenvalue weighted by Crippen LogP contribution is 2.18. The molecule has 0 atom stereocenters. The average molecular weight is 334 g/mol. The van der Waals surface area contributed by atoms with Crippen LogP contribution in [0.5, 0.6) is 5.75 Å². The number of hydrogen-bond acceptors (Lipinski definition) is 3. The minimum absolute atomic E-state index is 0.229. The number of aromatic amines is 1. The number of aromatic nitrogens is 1. The Morgan fingerprint density at radius 3 is 2.56 bits per heavy atom. The molecule has 5 heteroatoms. The van der Waals surface area contributed by atoms with Gasteiger partial charge >= 0.3 is 0 Å². The molecule has 0 aliphatic carbocycles. The Morgan fingerprint density at radius 2 is 1.80 bits per heavy atom. The normalized spacial score (nSPS) is 10.3. The van der Waals surface area contributed by atoms with Crippen molar-refractivity contribution in [1.82, 2.24) is 10.3 Å². The Hall–Kier alpha value is -3.34. The molecule has 3 rings (SSSR count). The highest BCUT2D eigenvalue weighted by atomic mass is 16.5. The molecule has 126 valence electrons. The fourth-order valence-corrected chi connectivity index (χ4v) is 2.57. The minimum Gasteiger partial charge on any atom is -0.496 e. The maximum Gasteiger partial charge on any atom is 0.255 e. The largest absolute Gasteiger partial charge is 0.496 e. The number of H-pyrrole nitrogens is 1. The molecule has 1 amide bonds. The Bertz CT molecular complexity index is 933. The number of ether oxygens (including phenoxy) is 1. The molecule has 1 heterocycles. The molecule has 5 nitrogen and oxygen atoms in total. The second kappa shape index (κ2) is 7.49. The summed E-state index contributed by atoms with van der Waals surface area (Å²) in [5.74, 6) is 0.452. The van der Waals surface area contributed by atoms with Crippen molar-refractivity contribution in [2.45, 2.75) is 6.54 Å². The molecule has 0 fully saturated rings. The second-order valence-electron chi connectivity index (χ2n) is 5.49. The van der Waals surface area contributed by atoms with Crippen LogP contribution >= 0.6 is 0 Å². The van der Waals surface area contributed by atoms with Gasteiger partial charge in [-0.25, -0.2) is 0 Å². The predicted molar refractivity (Wildman–Crippen MR) is 96.7 cm³/mol. The number of amides is 1. The van der Waals surface area contributed by atoms with E-state index < -0.39 is 0 Å². The zero-order chi connectivity index (χ0) is 17.6. The molecule has 2 N–H and O–H groups in total. The Balaban J connectivity index is 1.80. The van der Waals surface area contributed by atoms with Crippen LogP contribution in [0.1, 0.15) is 15.9 Å². The van der Waals surface area contributed by atoms with E-state index in [0.29, 0.717) is 23.4 Å². The third-order valence-corrected chi connectivity index (χ3v) is 3.88. The van der Waals surface area contributed by atoms with Gasteiger partial charge in [0, 0.05) is 23.9 Å². The molecule has 0 unspecified atom stereocenters. The maximum atomic E-state index is 12.4. The number of benzene rings is 2. The SMILES string of the molecule is COc1ccccc1CNC(=O)c1c[nH]c(=O)c(-c2ccccc2)c1. The van der Waals surface area contributed by atoms with Crippen LogP contribution in [-0.4, -0.2) is 18.0 Å². The lowest BCUT2D eigenvalue weighted by Crippen LogP contribution is -2.24. The molecule has 0 bridgehead atoms. The minimum atomic E-state index is -0.265. The zero-order valence-corrected chi connectivity index (χ0v) is 13.8. The topological polar surface area (TPSA) is 71.2 Å². The molecule has 0 saturated heterocycles. The second-order valence-corrected chi connectivity index (χ2v) is 5.49. The quantitative estimate of drug-likeness (QED) is 0.753. The molecular weight excluding hydrogens is 316 g/mol. The molecule has 0 radical (unpaired) electrons. The van der Waals surface area contributed by atoms with E-state index >= 15 is 0 Å². The third-order valence-electron chi connectivity index (χ3n) is 3.88. The van der Waals surface area contributed by atoms with Gasteiger partial charge in [-0.3, -0.25) is 9.59 Å². The lowest BCUT2D eigenvalue weighted by atomic mass is 10.1.